The summed E-state index contributed by atoms with van der Waals surface area (Å²) >= 11 is 0. The van der Waals surface area contributed by atoms with Gasteiger partial charge in [0.2, 0.25) is 5.95 Å². The van der Waals surface area contributed by atoms with E-state index in [-0.39, 0.29) is 6.10 Å². The molecular weight excluding hydrogens is 362 g/mol. The first-order valence-corrected chi connectivity index (χ1v) is 9.78. The first kappa shape index (κ1) is 17.6. The maximum absolute atomic E-state index is 5.92. The van der Waals surface area contributed by atoms with Crippen LogP contribution in [0, 0.1) is 0 Å². The van der Waals surface area contributed by atoms with Gasteiger partial charge >= 0.3 is 0 Å². The van der Waals surface area contributed by atoms with E-state index in [0.29, 0.717) is 12.6 Å². The number of hydrogen-bond donors (Lipinski definition) is 1. The Morgan fingerprint density at radius 1 is 0.931 bits per heavy atom. The van der Waals surface area contributed by atoms with Crippen molar-refractivity contribution in [1.82, 2.24) is 9.97 Å². The highest BCUT2D eigenvalue weighted by atomic mass is 16.5. The van der Waals surface area contributed by atoms with Crippen molar-refractivity contribution in [3.8, 4) is 16.9 Å². The number of rotatable bonds is 5. The number of aromatic nitrogens is 2. The molecule has 0 amide bonds. The highest BCUT2D eigenvalue weighted by molar-refractivity contribution is 5.93. The molecule has 144 valence electrons. The summed E-state index contributed by atoms with van der Waals surface area (Å²) in [7, 11) is 0. The minimum atomic E-state index is 0.147. The van der Waals surface area contributed by atoms with Crippen molar-refractivity contribution >= 4 is 22.5 Å². The molecule has 29 heavy (non-hydrogen) atoms. The normalized spacial score (nSPS) is 16.1. The minimum absolute atomic E-state index is 0.147. The van der Waals surface area contributed by atoms with Gasteiger partial charge < -0.3 is 14.8 Å². The smallest absolute Gasteiger partial charge is 0.227 e. The van der Waals surface area contributed by atoms with Crippen LogP contribution in [0.1, 0.15) is 6.42 Å². The lowest BCUT2D eigenvalue weighted by Crippen LogP contribution is -2.15. The number of benzene rings is 3. The molecule has 1 aromatic heterocycles. The van der Waals surface area contributed by atoms with Crippen LogP contribution in [-0.2, 0) is 4.74 Å². The van der Waals surface area contributed by atoms with Gasteiger partial charge in [0.1, 0.15) is 11.9 Å². The average molecular weight is 383 g/mol. The molecule has 1 atom stereocenters. The van der Waals surface area contributed by atoms with Crippen molar-refractivity contribution in [2.45, 2.75) is 12.5 Å². The quantitative estimate of drug-likeness (QED) is 0.513. The van der Waals surface area contributed by atoms with E-state index in [9.17, 15) is 0 Å². The van der Waals surface area contributed by atoms with Crippen molar-refractivity contribution < 1.29 is 9.47 Å². The molecule has 1 fully saturated rings. The fourth-order valence-corrected chi connectivity index (χ4v) is 3.51. The average Bonchev–Trinajstić information content (AvgIpc) is 3.28. The van der Waals surface area contributed by atoms with E-state index in [2.05, 4.69) is 28.5 Å². The van der Waals surface area contributed by atoms with Crippen molar-refractivity contribution in [3.63, 3.8) is 0 Å². The zero-order valence-corrected chi connectivity index (χ0v) is 15.9. The monoisotopic (exact) mass is 383 g/mol. The van der Waals surface area contributed by atoms with Gasteiger partial charge in [-0.15, -0.1) is 0 Å². The van der Waals surface area contributed by atoms with Crippen LogP contribution in [0.2, 0.25) is 0 Å². The van der Waals surface area contributed by atoms with Gasteiger partial charge in [-0.05, 0) is 29.8 Å². The summed E-state index contributed by atoms with van der Waals surface area (Å²) < 4.78 is 11.3. The summed E-state index contributed by atoms with van der Waals surface area (Å²) in [5.41, 5.74) is 4.07. The second-order valence-electron chi connectivity index (χ2n) is 7.06. The van der Waals surface area contributed by atoms with Gasteiger partial charge in [0.15, 0.2) is 0 Å². The summed E-state index contributed by atoms with van der Waals surface area (Å²) in [6, 6.07) is 24.3. The zero-order chi connectivity index (χ0) is 19.5. The maximum atomic E-state index is 5.92. The van der Waals surface area contributed by atoms with E-state index in [0.717, 1.165) is 46.5 Å². The van der Waals surface area contributed by atoms with Gasteiger partial charge in [-0.25, -0.2) is 9.97 Å². The third-order valence-corrected chi connectivity index (χ3v) is 5.00. The van der Waals surface area contributed by atoms with E-state index < -0.39 is 0 Å². The largest absolute Gasteiger partial charge is 0.488 e. The van der Waals surface area contributed by atoms with Crippen molar-refractivity contribution in [2.75, 3.05) is 18.5 Å². The van der Waals surface area contributed by atoms with Gasteiger partial charge in [0, 0.05) is 29.3 Å². The fourth-order valence-electron chi connectivity index (χ4n) is 3.51. The van der Waals surface area contributed by atoms with E-state index in [1.165, 1.54) is 0 Å². The molecule has 1 saturated heterocycles. The van der Waals surface area contributed by atoms with E-state index in [4.69, 9.17) is 14.5 Å². The molecule has 4 aromatic rings. The van der Waals surface area contributed by atoms with Crippen LogP contribution in [0.15, 0.2) is 79.0 Å². The van der Waals surface area contributed by atoms with Gasteiger partial charge in [0.25, 0.3) is 0 Å². The highest BCUT2D eigenvalue weighted by Crippen LogP contribution is 2.28. The van der Waals surface area contributed by atoms with Crippen molar-refractivity contribution in [2.24, 2.45) is 0 Å². The van der Waals surface area contributed by atoms with Crippen LogP contribution in [-0.4, -0.2) is 29.3 Å². The van der Waals surface area contributed by atoms with E-state index >= 15 is 0 Å². The van der Waals surface area contributed by atoms with E-state index in [1.807, 2.05) is 60.8 Å². The summed E-state index contributed by atoms with van der Waals surface area (Å²) in [5, 5.41) is 4.31. The first-order valence-electron chi connectivity index (χ1n) is 9.78. The molecule has 5 heteroatoms. The predicted molar refractivity (Wildman–Crippen MR) is 115 cm³/mol. The molecule has 0 spiro atoms. The van der Waals surface area contributed by atoms with Crippen LogP contribution in [0.4, 0.5) is 11.6 Å². The van der Waals surface area contributed by atoms with Crippen LogP contribution in [0.5, 0.6) is 5.75 Å². The molecule has 5 rings (SSSR count). The maximum Gasteiger partial charge on any atom is 0.227 e. The minimum Gasteiger partial charge on any atom is -0.488 e. The molecule has 0 bridgehead atoms. The topological polar surface area (TPSA) is 56.3 Å². The Labute approximate surface area is 169 Å². The van der Waals surface area contributed by atoms with Crippen LogP contribution in [0.25, 0.3) is 22.0 Å². The number of fused-ring (bicyclic) bond motifs is 1. The van der Waals surface area contributed by atoms with Gasteiger partial charge in [-0.2, -0.15) is 0 Å². The van der Waals surface area contributed by atoms with Crippen LogP contribution >= 0.6 is 0 Å². The lowest BCUT2D eigenvalue weighted by Gasteiger charge is -2.12. The number of ether oxygens (including phenoxy) is 2. The predicted octanol–water partition coefficient (Wildman–Crippen LogP) is 5.21. The third kappa shape index (κ3) is 3.91. The molecule has 3 aromatic carbocycles. The zero-order valence-electron chi connectivity index (χ0n) is 15.9. The Morgan fingerprint density at radius 3 is 2.59 bits per heavy atom. The molecule has 1 unspecified atom stereocenters. The number of nitrogens with one attached hydrogen (secondary N) is 1. The van der Waals surface area contributed by atoms with Crippen LogP contribution < -0.4 is 10.1 Å². The molecule has 0 aliphatic carbocycles. The number of hydrogen-bond acceptors (Lipinski definition) is 5. The van der Waals surface area contributed by atoms with E-state index in [1.54, 1.807) is 0 Å². The molecule has 1 aliphatic rings. The molecule has 1 N–H and O–H groups in total. The summed E-state index contributed by atoms with van der Waals surface area (Å²) in [4.78, 5) is 9.26. The standard InChI is InChI=1S/C24H21N3O2/c1-2-5-17(6-3-1)22-8-4-7-18-15-25-24(27-23(18)22)26-19-9-11-20(12-10-19)29-21-13-14-28-16-21/h1-12,15,21H,13-14,16H2,(H,25,26,27). The fraction of sp³-hybridized carbons (Fsp3) is 0.167. The lowest BCUT2D eigenvalue weighted by atomic mass is 10.0. The molecule has 2 heterocycles. The Kier molecular flexibility index (Phi) is 4.80. The highest BCUT2D eigenvalue weighted by Gasteiger charge is 2.17. The summed E-state index contributed by atoms with van der Waals surface area (Å²) in [6.07, 6.45) is 2.94. The third-order valence-electron chi connectivity index (χ3n) is 5.00. The number of anilines is 2. The number of para-hydroxylation sites is 1. The van der Waals surface area contributed by atoms with Gasteiger partial charge in [-0.3, -0.25) is 0 Å². The van der Waals surface area contributed by atoms with Crippen LogP contribution in [0.3, 0.4) is 0 Å². The molecular formula is C24H21N3O2. The second-order valence-corrected chi connectivity index (χ2v) is 7.06. The summed E-state index contributed by atoms with van der Waals surface area (Å²) in [5.74, 6) is 1.41. The van der Waals surface area contributed by atoms with Crippen molar-refractivity contribution in [1.29, 1.82) is 0 Å². The molecule has 0 saturated carbocycles. The molecule has 0 radical (unpaired) electrons. The second kappa shape index (κ2) is 7.89. The van der Waals surface area contributed by atoms with Crippen molar-refractivity contribution in [3.05, 3.63) is 79.0 Å². The Bertz CT molecular complexity index is 1110. The molecule has 5 nitrogen and oxygen atoms in total. The number of nitrogens with zero attached hydrogens (tertiary/aromatic N) is 2. The van der Waals surface area contributed by atoms with Gasteiger partial charge in [0.05, 0.1) is 18.7 Å². The summed E-state index contributed by atoms with van der Waals surface area (Å²) in [6.45, 7) is 1.43. The lowest BCUT2D eigenvalue weighted by molar-refractivity contribution is 0.141. The SMILES string of the molecule is c1ccc(-c2cccc3cnc(Nc4ccc(OC5CCOC5)cc4)nc23)cc1. The molecule has 1 aliphatic heterocycles. The first-order chi connectivity index (χ1) is 14.3. The van der Waals surface area contributed by atoms with Gasteiger partial charge in [-0.1, -0.05) is 48.5 Å². The Morgan fingerprint density at radius 2 is 1.79 bits per heavy atom. The Hall–Kier alpha value is -3.44. The Balaban J connectivity index is 1.39.